The summed E-state index contributed by atoms with van der Waals surface area (Å²) in [4.78, 5) is 16.2. The van der Waals surface area contributed by atoms with E-state index in [-0.39, 0.29) is 18.3 Å². The zero-order valence-corrected chi connectivity index (χ0v) is 16.6. The summed E-state index contributed by atoms with van der Waals surface area (Å²) < 4.78 is 0. The van der Waals surface area contributed by atoms with Crippen molar-refractivity contribution < 1.29 is 4.79 Å². The van der Waals surface area contributed by atoms with Crippen LogP contribution in [0.4, 0.5) is 0 Å². The fourth-order valence-corrected chi connectivity index (χ4v) is 2.81. The second-order valence-electron chi connectivity index (χ2n) is 6.36. The van der Waals surface area contributed by atoms with Crippen LogP contribution in [0.15, 0.2) is 60.7 Å². The molecule has 0 saturated carbocycles. The number of carbonyl (C=O) groups is 1. The van der Waals surface area contributed by atoms with Gasteiger partial charge in [0.15, 0.2) is 0 Å². The molecule has 0 saturated heterocycles. The van der Waals surface area contributed by atoms with Gasteiger partial charge in [-0.3, -0.25) is 4.79 Å². The molecule has 0 aliphatic carbocycles. The zero-order chi connectivity index (χ0) is 19.1. The van der Waals surface area contributed by atoms with Crippen LogP contribution in [0.1, 0.15) is 24.9 Å². The maximum Gasteiger partial charge on any atom is 0.249 e. The van der Waals surface area contributed by atoms with E-state index in [0.29, 0.717) is 25.5 Å². The maximum absolute atomic E-state index is 13.1. The number of aromatic nitrogens is 4. The van der Waals surface area contributed by atoms with Gasteiger partial charge in [-0.15, -0.1) is 22.6 Å². The molecule has 3 aromatic rings. The highest BCUT2D eigenvalue weighted by Crippen LogP contribution is 2.16. The van der Waals surface area contributed by atoms with Gasteiger partial charge in [-0.25, -0.2) is 0 Å². The van der Waals surface area contributed by atoms with Gasteiger partial charge >= 0.3 is 0 Å². The second kappa shape index (κ2) is 10.5. The monoisotopic (exact) mass is 400 g/mol. The van der Waals surface area contributed by atoms with Crippen LogP contribution in [0.2, 0.25) is 0 Å². The first kappa shape index (κ1) is 21.5. The summed E-state index contributed by atoms with van der Waals surface area (Å²) in [6.45, 7) is 3.45. The Morgan fingerprint density at radius 1 is 1.11 bits per heavy atom. The van der Waals surface area contributed by atoms with Crippen LogP contribution in [-0.2, 0) is 11.3 Å². The Kier molecular flexibility index (Phi) is 8.10. The minimum Gasteiger partial charge on any atom is -0.336 e. The van der Waals surface area contributed by atoms with Crippen molar-refractivity contribution in [2.45, 2.75) is 25.9 Å². The summed E-state index contributed by atoms with van der Waals surface area (Å²) in [5, 5.41) is 12.6. The van der Waals surface area contributed by atoms with Gasteiger partial charge in [-0.1, -0.05) is 60.7 Å². The fourth-order valence-electron chi connectivity index (χ4n) is 2.81. The van der Waals surface area contributed by atoms with Crippen LogP contribution < -0.4 is 5.73 Å². The molecule has 2 N–H and O–H groups in total. The third-order valence-corrected chi connectivity index (χ3v) is 4.32. The quantitative estimate of drug-likeness (QED) is 0.627. The second-order valence-corrected chi connectivity index (χ2v) is 6.36. The van der Waals surface area contributed by atoms with Crippen LogP contribution >= 0.6 is 12.4 Å². The lowest BCUT2D eigenvalue weighted by molar-refractivity contribution is -0.135. The number of carbonyl (C=O) groups excluding carboxylic acids is 1. The van der Waals surface area contributed by atoms with E-state index >= 15 is 0 Å². The highest BCUT2D eigenvalue weighted by atomic mass is 35.5. The first-order chi connectivity index (χ1) is 13.2. The van der Waals surface area contributed by atoms with Crippen LogP contribution in [0.25, 0.3) is 11.4 Å². The van der Waals surface area contributed by atoms with Crippen LogP contribution in [0.5, 0.6) is 0 Å². The van der Waals surface area contributed by atoms with Crippen LogP contribution in [-0.4, -0.2) is 44.1 Å². The minimum absolute atomic E-state index is 0. The summed E-state index contributed by atoms with van der Waals surface area (Å²) >= 11 is 0. The molecule has 1 aromatic heterocycles. The standard InChI is InChI=1S/C20H24N6O.ClH/c1-16(26-23-19(22-24-26)18-11-6-3-7-12-18)20(27)25(14-8-13-21)15-17-9-4-2-5-10-17;/h2-7,9-12,16H,8,13-15,21H2,1H3;1H. The Bertz CT molecular complexity index is 855. The average molecular weight is 401 g/mol. The molecule has 0 spiro atoms. The molecule has 2 aromatic carbocycles. The van der Waals surface area contributed by atoms with Crippen molar-refractivity contribution in [1.29, 1.82) is 0 Å². The molecule has 0 bridgehead atoms. The minimum atomic E-state index is -0.545. The summed E-state index contributed by atoms with van der Waals surface area (Å²) in [6, 6.07) is 19.0. The first-order valence-electron chi connectivity index (χ1n) is 9.06. The molecule has 0 radical (unpaired) electrons. The number of rotatable bonds is 8. The lowest BCUT2D eigenvalue weighted by Crippen LogP contribution is -2.38. The molecule has 8 heteroatoms. The lowest BCUT2D eigenvalue weighted by Gasteiger charge is -2.25. The zero-order valence-electron chi connectivity index (χ0n) is 15.8. The van der Waals surface area contributed by atoms with Crippen molar-refractivity contribution in [2.75, 3.05) is 13.1 Å². The van der Waals surface area contributed by atoms with Gasteiger partial charge in [0.25, 0.3) is 0 Å². The molecule has 1 heterocycles. The molecule has 3 rings (SSSR count). The number of nitrogens with two attached hydrogens (primary N) is 1. The molecule has 1 atom stereocenters. The van der Waals surface area contributed by atoms with Crippen molar-refractivity contribution in [3.8, 4) is 11.4 Å². The van der Waals surface area contributed by atoms with Crippen molar-refractivity contribution in [3.63, 3.8) is 0 Å². The van der Waals surface area contributed by atoms with Gasteiger partial charge in [0.05, 0.1) is 0 Å². The van der Waals surface area contributed by atoms with Gasteiger partial charge in [0.1, 0.15) is 6.04 Å². The summed E-state index contributed by atoms with van der Waals surface area (Å²) in [6.07, 6.45) is 0.741. The van der Waals surface area contributed by atoms with Crippen LogP contribution in [0.3, 0.4) is 0 Å². The molecule has 148 valence electrons. The van der Waals surface area contributed by atoms with Gasteiger partial charge < -0.3 is 10.6 Å². The van der Waals surface area contributed by atoms with E-state index in [1.54, 1.807) is 11.8 Å². The van der Waals surface area contributed by atoms with E-state index in [4.69, 9.17) is 5.73 Å². The number of hydrogen-bond donors (Lipinski definition) is 1. The predicted octanol–water partition coefficient (Wildman–Crippen LogP) is 2.70. The van der Waals surface area contributed by atoms with Crippen molar-refractivity contribution >= 4 is 18.3 Å². The highest BCUT2D eigenvalue weighted by molar-refractivity contribution is 5.85. The summed E-state index contributed by atoms with van der Waals surface area (Å²) in [5.74, 6) is 0.455. The van der Waals surface area contributed by atoms with Crippen molar-refractivity contribution in [2.24, 2.45) is 5.73 Å². The Hall–Kier alpha value is -2.77. The Labute approximate surface area is 170 Å². The molecule has 0 aliphatic rings. The van der Waals surface area contributed by atoms with E-state index in [0.717, 1.165) is 17.5 Å². The number of amides is 1. The number of hydrogen-bond acceptors (Lipinski definition) is 5. The molecular weight excluding hydrogens is 376 g/mol. The molecule has 0 aliphatic heterocycles. The molecule has 7 nitrogen and oxygen atoms in total. The summed E-state index contributed by atoms with van der Waals surface area (Å²) in [5.41, 5.74) is 7.59. The normalized spacial score (nSPS) is 11.5. The van der Waals surface area contributed by atoms with Crippen molar-refractivity contribution in [3.05, 3.63) is 66.2 Å². The smallest absolute Gasteiger partial charge is 0.249 e. The summed E-state index contributed by atoms with van der Waals surface area (Å²) in [7, 11) is 0. The highest BCUT2D eigenvalue weighted by Gasteiger charge is 2.24. The Morgan fingerprint density at radius 2 is 1.75 bits per heavy atom. The lowest BCUT2D eigenvalue weighted by atomic mass is 10.2. The third-order valence-electron chi connectivity index (χ3n) is 4.32. The first-order valence-corrected chi connectivity index (χ1v) is 9.06. The number of tetrazole rings is 1. The SMILES string of the molecule is CC(C(=O)N(CCCN)Cc1ccccc1)n1nnc(-c2ccccc2)n1.Cl. The Balaban J connectivity index is 0.00000280. The largest absolute Gasteiger partial charge is 0.336 e. The Morgan fingerprint density at radius 3 is 2.39 bits per heavy atom. The van der Waals surface area contributed by atoms with Crippen LogP contribution in [0, 0.1) is 0 Å². The number of nitrogens with zero attached hydrogens (tertiary/aromatic N) is 5. The van der Waals surface area contributed by atoms with E-state index in [1.165, 1.54) is 4.80 Å². The molecule has 1 unspecified atom stereocenters. The predicted molar refractivity (Wildman–Crippen MR) is 111 cm³/mol. The number of benzene rings is 2. The maximum atomic E-state index is 13.1. The van der Waals surface area contributed by atoms with Gasteiger partial charge in [0, 0.05) is 18.7 Å². The van der Waals surface area contributed by atoms with Gasteiger partial charge in [-0.05, 0) is 30.7 Å². The molecular formula is C20H25ClN6O. The average Bonchev–Trinajstić information content (AvgIpc) is 3.21. The number of halogens is 1. The van der Waals surface area contributed by atoms with E-state index in [1.807, 2.05) is 60.7 Å². The van der Waals surface area contributed by atoms with Gasteiger partial charge in [-0.2, -0.15) is 4.80 Å². The molecule has 0 fully saturated rings. The van der Waals surface area contributed by atoms with Gasteiger partial charge in [0.2, 0.25) is 11.7 Å². The topological polar surface area (TPSA) is 89.9 Å². The van der Waals surface area contributed by atoms with E-state index in [9.17, 15) is 4.79 Å². The molecule has 28 heavy (non-hydrogen) atoms. The van der Waals surface area contributed by atoms with Crippen molar-refractivity contribution in [1.82, 2.24) is 25.1 Å². The fraction of sp³-hybridized carbons (Fsp3) is 0.300. The van der Waals surface area contributed by atoms with E-state index in [2.05, 4.69) is 15.4 Å². The van der Waals surface area contributed by atoms with E-state index < -0.39 is 6.04 Å². The third kappa shape index (κ3) is 5.37. The molecule has 1 amide bonds.